The molecule has 3 rings (SSSR count). The van der Waals surface area contributed by atoms with E-state index < -0.39 is 0 Å². The second-order valence-electron chi connectivity index (χ2n) is 6.36. The minimum absolute atomic E-state index is 0.150. The third-order valence-corrected chi connectivity index (χ3v) is 4.50. The Morgan fingerprint density at radius 3 is 2.74 bits per heavy atom. The predicted molar refractivity (Wildman–Crippen MR) is 85.7 cm³/mol. The Morgan fingerprint density at radius 1 is 1.39 bits per heavy atom. The second kappa shape index (κ2) is 6.10. The molecule has 1 N–H and O–H groups in total. The molecule has 122 valence electrons. The van der Waals surface area contributed by atoms with Gasteiger partial charge >= 0.3 is 0 Å². The van der Waals surface area contributed by atoms with Crippen LogP contribution in [0.4, 0.5) is 0 Å². The number of nitrogens with one attached hydrogen (secondary N) is 1. The van der Waals surface area contributed by atoms with Crippen LogP contribution in [0, 0.1) is 32.6 Å². The van der Waals surface area contributed by atoms with Gasteiger partial charge in [-0.2, -0.15) is 0 Å². The average molecular weight is 314 g/mol. The molecular formula is C17H22N4O2. The maximum atomic E-state index is 11.9. The van der Waals surface area contributed by atoms with Gasteiger partial charge in [0.2, 0.25) is 5.91 Å². The fourth-order valence-corrected chi connectivity index (χ4v) is 2.69. The third kappa shape index (κ3) is 3.25. The molecule has 0 radical (unpaired) electrons. The fourth-order valence-electron chi connectivity index (χ4n) is 2.69. The minimum atomic E-state index is 0.150. The number of hydrogen-bond donors (Lipinski definition) is 1. The summed E-state index contributed by atoms with van der Waals surface area (Å²) in [5.74, 6) is 2.28. The maximum Gasteiger partial charge on any atom is 0.223 e. The topological polar surface area (TPSA) is 80.9 Å². The van der Waals surface area contributed by atoms with Gasteiger partial charge in [0, 0.05) is 30.6 Å². The number of amides is 1. The molecule has 1 amide bonds. The van der Waals surface area contributed by atoms with E-state index in [0.29, 0.717) is 30.5 Å². The minimum Gasteiger partial charge on any atom is -0.356 e. The maximum absolute atomic E-state index is 11.9. The van der Waals surface area contributed by atoms with E-state index in [1.54, 1.807) is 6.20 Å². The smallest absolute Gasteiger partial charge is 0.223 e. The van der Waals surface area contributed by atoms with E-state index in [1.165, 1.54) is 0 Å². The van der Waals surface area contributed by atoms with Crippen molar-refractivity contribution in [2.24, 2.45) is 11.8 Å². The van der Waals surface area contributed by atoms with Crippen molar-refractivity contribution >= 4 is 5.91 Å². The number of aromatic nitrogens is 3. The van der Waals surface area contributed by atoms with Gasteiger partial charge in [0.05, 0.1) is 17.0 Å². The molecule has 2 heterocycles. The molecule has 1 aliphatic rings. The Hall–Kier alpha value is -2.24. The van der Waals surface area contributed by atoms with Gasteiger partial charge in [0.1, 0.15) is 5.82 Å². The number of carbonyl (C=O) groups excluding carboxylic acids is 1. The first-order chi connectivity index (χ1) is 11.0. The van der Waals surface area contributed by atoms with E-state index in [-0.39, 0.29) is 11.8 Å². The SMILES string of the molecule is Cc1ncc(-c2onc(C)c2C)c(CCNC(=O)[C@@H]2C[C@@H]2C)n1. The Balaban J connectivity index is 1.74. The first kappa shape index (κ1) is 15.6. The summed E-state index contributed by atoms with van der Waals surface area (Å²) in [7, 11) is 0. The number of nitrogens with zero attached hydrogens (tertiary/aromatic N) is 3. The number of hydrogen-bond acceptors (Lipinski definition) is 5. The molecule has 6 heteroatoms. The van der Waals surface area contributed by atoms with Crippen LogP contribution < -0.4 is 5.32 Å². The normalized spacial score (nSPS) is 19.7. The summed E-state index contributed by atoms with van der Waals surface area (Å²) >= 11 is 0. The standard InChI is InChI=1S/C17H22N4O2/c1-9-7-13(9)17(22)18-6-5-15-14(8-19-12(4)20-15)16-10(2)11(3)21-23-16/h8-9,13H,5-7H2,1-4H3,(H,18,22)/t9-,13+/m0/s1. The molecule has 2 aromatic rings. The molecule has 1 aliphatic carbocycles. The van der Waals surface area contributed by atoms with Crippen LogP contribution in [0.3, 0.4) is 0 Å². The van der Waals surface area contributed by atoms with Crippen molar-refractivity contribution in [2.75, 3.05) is 6.54 Å². The lowest BCUT2D eigenvalue weighted by molar-refractivity contribution is -0.122. The van der Waals surface area contributed by atoms with Crippen molar-refractivity contribution in [1.29, 1.82) is 0 Å². The fraction of sp³-hybridized carbons (Fsp3) is 0.529. The first-order valence-corrected chi connectivity index (χ1v) is 8.01. The monoisotopic (exact) mass is 314 g/mol. The van der Waals surface area contributed by atoms with Gasteiger partial charge in [-0.15, -0.1) is 0 Å². The molecular weight excluding hydrogens is 292 g/mol. The highest BCUT2D eigenvalue weighted by atomic mass is 16.5. The highest BCUT2D eigenvalue weighted by Gasteiger charge is 2.38. The van der Waals surface area contributed by atoms with E-state index in [4.69, 9.17) is 4.52 Å². The third-order valence-electron chi connectivity index (χ3n) is 4.50. The first-order valence-electron chi connectivity index (χ1n) is 8.01. The molecule has 0 spiro atoms. The molecule has 0 saturated heterocycles. The van der Waals surface area contributed by atoms with E-state index in [1.807, 2.05) is 20.8 Å². The highest BCUT2D eigenvalue weighted by Crippen LogP contribution is 2.37. The zero-order valence-electron chi connectivity index (χ0n) is 14.0. The van der Waals surface area contributed by atoms with Crippen molar-refractivity contribution in [2.45, 2.75) is 40.5 Å². The van der Waals surface area contributed by atoms with Crippen molar-refractivity contribution in [3.05, 3.63) is 29.0 Å². The summed E-state index contributed by atoms with van der Waals surface area (Å²) in [6, 6.07) is 0. The van der Waals surface area contributed by atoms with Crippen LogP contribution in [0.25, 0.3) is 11.3 Å². The largest absolute Gasteiger partial charge is 0.356 e. The Bertz CT molecular complexity index is 738. The quantitative estimate of drug-likeness (QED) is 0.916. The molecule has 2 aromatic heterocycles. The van der Waals surface area contributed by atoms with E-state index >= 15 is 0 Å². The molecule has 6 nitrogen and oxygen atoms in total. The number of carbonyl (C=O) groups is 1. The van der Waals surface area contributed by atoms with E-state index in [0.717, 1.165) is 28.9 Å². The van der Waals surface area contributed by atoms with E-state index in [9.17, 15) is 4.79 Å². The van der Waals surface area contributed by atoms with Crippen LogP contribution in [-0.2, 0) is 11.2 Å². The van der Waals surface area contributed by atoms with Crippen molar-refractivity contribution < 1.29 is 9.32 Å². The summed E-state index contributed by atoms with van der Waals surface area (Å²) < 4.78 is 5.43. The van der Waals surface area contributed by atoms with Gasteiger partial charge in [-0.3, -0.25) is 4.79 Å². The highest BCUT2D eigenvalue weighted by molar-refractivity contribution is 5.81. The Kier molecular flexibility index (Phi) is 4.15. The van der Waals surface area contributed by atoms with Crippen LogP contribution in [0.15, 0.2) is 10.7 Å². The Morgan fingerprint density at radius 2 is 2.13 bits per heavy atom. The zero-order chi connectivity index (χ0) is 16.6. The van der Waals surface area contributed by atoms with E-state index in [2.05, 4.69) is 27.4 Å². The molecule has 0 aromatic carbocycles. The zero-order valence-corrected chi connectivity index (χ0v) is 14.0. The molecule has 1 saturated carbocycles. The molecule has 0 unspecified atom stereocenters. The van der Waals surface area contributed by atoms with Gasteiger partial charge in [-0.25, -0.2) is 9.97 Å². The number of aryl methyl sites for hydroxylation is 2. The summed E-state index contributed by atoms with van der Waals surface area (Å²) in [5.41, 5.74) is 3.58. The summed E-state index contributed by atoms with van der Waals surface area (Å²) in [5, 5.41) is 7.00. The molecule has 0 bridgehead atoms. The molecule has 1 fully saturated rings. The molecule has 23 heavy (non-hydrogen) atoms. The lowest BCUT2D eigenvalue weighted by Gasteiger charge is -2.09. The van der Waals surface area contributed by atoms with Crippen molar-refractivity contribution in [3.63, 3.8) is 0 Å². The van der Waals surface area contributed by atoms with Gasteiger partial charge in [0.15, 0.2) is 5.76 Å². The van der Waals surface area contributed by atoms with Crippen LogP contribution in [-0.4, -0.2) is 27.6 Å². The average Bonchev–Trinajstić information content (AvgIpc) is 3.16. The summed E-state index contributed by atoms with van der Waals surface area (Å²) in [6.07, 6.45) is 3.42. The summed E-state index contributed by atoms with van der Waals surface area (Å²) in [4.78, 5) is 20.7. The Labute approximate surface area is 135 Å². The predicted octanol–water partition coefficient (Wildman–Crippen LogP) is 2.37. The lowest BCUT2D eigenvalue weighted by atomic mass is 10.1. The van der Waals surface area contributed by atoms with Crippen LogP contribution >= 0.6 is 0 Å². The van der Waals surface area contributed by atoms with Gasteiger partial charge < -0.3 is 9.84 Å². The lowest BCUT2D eigenvalue weighted by Crippen LogP contribution is -2.28. The molecule has 0 aliphatic heterocycles. The summed E-state index contributed by atoms with van der Waals surface area (Å²) in [6.45, 7) is 8.41. The second-order valence-corrected chi connectivity index (χ2v) is 6.36. The van der Waals surface area contributed by atoms with Crippen molar-refractivity contribution in [1.82, 2.24) is 20.4 Å². The van der Waals surface area contributed by atoms with Crippen molar-refractivity contribution in [3.8, 4) is 11.3 Å². The van der Waals surface area contributed by atoms with Crippen LogP contribution in [0.2, 0.25) is 0 Å². The number of rotatable bonds is 5. The molecule has 2 atom stereocenters. The van der Waals surface area contributed by atoms with Crippen LogP contribution in [0.1, 0.15) is 36.1 Å². The van der Waals surface area contributed by atoms with Gasteiger partial charge in [0.25, 0.3) is 0 Å². The van der Waals surface area contributed by atoms with Gasteiger partial charge in [-0.05, 0) is 33.1 Å². The van der Waals surface area contributed by atoms with Crippen LogP contribution in [0.5, 0.6) is 0 Å². The van der Waals surface area contributed by atoms with Gasteiger partial charge in [-0.1, -0.05) is 12.1 Å².